The van der Waals surface area contributed by atoms with Crippen molar-refractivity contribution in [3.05, 3.63) is 48.5 Å². The molecule has 0 saturated heterocycles. The van der Waals surface area contributed by atoms with Gasteiger partial charge >= 0.3 is 0 Å². The summed E-state index contributed by atoms with van der Waals surface area (Å²) in [5.74, 6) is -0.833. The SMILES string of the molecule is CC.CC(=O)O.c1ccc2ccccc2c1. The maximum Gasteiger partial charge on any atom is 0.300 e. The molecule has 1 N–H and O–H groups in total. The number of carboxylic acid groups (broad SMARTS) is 1. The molecule has 0 saturated carbocycles. The summed E-state index contributed by atoms with van der Waals surface area (Å²) in [4.78, 5) is 9.00. The Labute approximate surface area is 96.5 Å². The minimum absolute atomic E-state index is 0.833. The summed E-state index contributed by atoms with van der Waals surface area (Å²) in [5, 5.41) is 10.0. The molecule has 0 aliphatic rings. The second-order valence-corrected chi connectivity index (χ2v) is 2.87. The van der Waals surface area contributed by atoms with Gasteiger partial charge in [-0.25, -0.2) is 0 Å². The molecule has 0 atom stereocenters. The summed E-state index contributed by atoms with van der Waals surface area (Å²) >= 11 is 0. The molecule has 0 aliphatic heterocycles. The third kappa shape index (κ3) is 5.81. The highest BCUT2D eigenvalue weighted by Crippen LogP contribution is 2.11. The largest absolute Gasteiger partial charge is 0.481 e. The van der Waals surface area contributed by atoms with E-state index in [-0.39, 0.29) is 0 Å². The zero-order valence-corrected chi connectivity index (χ0v) is 9.97. The van der Waals surface area contributed by atoms with Crippen molar-refractivity contribution in [2.45, 2.75) is 20.8 Å². The Kier molecular flexibility index (Phi) is 7.51. The fraction of sp³-hybridized carbons (Fsp3) is 0.214. The number of fused-ring (bicyclic) bond motifs is 1. The molecule has 0 spiro atoms. The molecule has 0 amide bonds. The average molecular weight is 218 g/mol. The normalized spacial score (nSPS) is 8.19. The van der Waals surface area contributed by atoms with Crippen LogP contribution in [-0.2, 0) is 4.79 Å². The van der Waals surface area contributed by atoms with E-state index in [9.17, 15) is 0 Å². The fourth-order valence-electron chi connectivity index (χ4n) is 1.13. The van der Waals surface area contributed by atoms with Gasteiger partial charge in [-0.05, 0) is 10.8 Å². The molecule has 2 aromatic rings. The summed E-state index contributed by atoms with van der Waals surface area (Å²) < 4.78 is 0. The van der Waals surface area contributed by atoms with Crippen molar-refractivity contribution < 1.29 is 9.90 Å². The van der Waals surface area contributed by atoms with Crippen molar-refractivity contribution in [3.63, 3.8) is 0 Å². The Hall–Kier alpha value is -1.83. The van der Waals surface area contributed by atoms with E-state index in [2.05, 4.69) is 48.5 Å². The van der Waals surface area contributed by atoms with Crippen molar-refractivity contribution in [1.82, 2.24) is 0 Å². The fourth-order valence-corrected chi connectivity index (χ4v) is 1.13. The molecule has 0 fully saturated rings. The first-order valence-electron chi connectivity index (χ1n) is 5.33. The van der Waals surface area contributed by atoms with E-state index < -0.39 is 5.97 Å². The van der Waals surface area contributed by atoms with E-state index in [4.69, 9.17) is 9.90 Å². The minimum atomic E-state index is -0.833. The highest BCUT2D eigenvalue weighted by atomic mass is 16.4. The molecule has 0 unspecified atom stereocenters. The van der Waals surface area contributed by atoms with Gasteiger partial charge in [-0.15, -0.1) is 0 Å². The number of benzene rings is 2. The molecule has 2 rings (SSSR count). The molecule has 0 heterocycles. The molecule has 0 aliphatic carbocycles. The van der Waals surface area contributed by atoms with Crippen LogP contribution in [0.15, 0.2) is 48.5 Å². The lowest BCUT2D eigenvalue weighted by molar-refractivity contribution is -0.134. The van der Waals surface area contributed by atoms with E-state index in [1.807, 2.05) is 13.8 Å². The lowest BCUT2D eigenvalue weighted by Crippen LogP contribution is -1.78. The van der Waals surface area contributed by atoms with E-state index in [1.165, 1.54) is 10.8 Å². The van der Waals surface area contributed by atoms with Gasteiger partial charge in [-0.2, -0.15) is 0 Å². The zero-order chi connectivity index (χ0) is 12.4. The average Bonchev–Trinajstić information content (AvgIpc) is 2.31. The number of carbonyl (C=O) groups is 1. The molecule has 86 valence electrons. The first kappa shape index (κ1) is 14.2. The van der Waals surface area contributed by atoms with Crippen molar-refractivity contribution in [2.24, 2.45) is 0 Å². The maximum atomic E-state index is 9.00. The van der Waals surface area contributed by atoms with Crippen LogP contribution in [0.1, 0.15) is 20.8 Å². The lowest BCUT2D eigenvalue weighted by atomic mass is 10.1. The highest BCUT2D eigenvalue weighted by molar-refractivity contribution is 5.81. The molecule has 0 bridgehead atoms. The van der Waals surface area contributed by atoms with Gasteiger partial charge < -0.3 is 5.11 Å². The number of hydrogen-bond donors (Lipinski definition) is 1. The van der Waals surface area contributed by atoms with E-state index >= 15 is 0 Å². The predicted octanol–water partition coefficient (Wildman–Crippen LogP) is 3.96. The van der Waals surface area contributed by atoms with Crippen LogP contribution >= 0.6 is 0 Å². The van der Waals surface area contributed by atoms with Crippen molar-refractivity contribution in [3.8, 4) is 0 Å². The van der Waals surface area contributed by atoms with Crippen molar-refractivity contribution >= 4 is 16.7 Å². The number of carboxylic acids is 1. The third-order valence-electron chi connectivity index (χ3n) is 1.66. The van der Waals surface area contributed by atoms with Crippen LogP contribution < -0.4 is 0 Å². The van der Waals surface area contributed by atoms with Crippen LogP contribution in [0.4, 0.5) is 0 Å². The smallest absolute Gasteiger partial charge is 0.300 e. The summed E-state index contributed by atoms with van der Waals surface area (Å²) in [6, 6.07) is 16.7. The molecular formula is C14H18O2. The number of aliphatic carboxylic acids is 1. The Morgan fingerprint density at radius 2 is 1.06 bits per heavy atom. The third-order valence-corrected chi connectivity index (χ3v) is 1.66. The van der Waals surface area contributed by atoms with Gasteiger partial charge in [0.2, 0.25) is 0 Å². The van der Waals surface area contributed by atoms with Gasteiger partial charge in [0.25, 0.3) is 5.97 Å². The van der Waals surface area contributed by atoms with Crippen LogP contribution in [0.25, 0.3) is 10.8 Å². The second-order valence-electron chi connectivity index (χ2n) is 2.87. The summed E-state index contributed by atoms with van der Waals surface area (Å²) in [7, 11) is 0. The summed E-state index contributed by atoms with van der Waals surface area (Å²) in [5.41, 5.74) is 0. The Bertz CT molecular complexity index is 352. The van der Waals surface area contributed by atoms with Gasteiger partial charge in [0, 0.05) is 6.92 Å². The lowest BCUT2D eigenvalue weighted by Gasteiger charge is -1.92. The Morgan fingerprint density at radius 1 is 0.875 bits per heavy atom. The van der Waals surface area contributed by atoms with E-state index in [0.29, 0.717) is 0 Å². The topological polar surface area (TPSA) is 37.3 Å². The predicted molar refractivity (Wildman–Crippen MR) is 68.6 cm³/mol. The van der Waals surface area contributed by atoms with Gasteiger partial charge in [-0.1, -0.05) is 62.4 Å². The summed E-state index contributed by atoms with van der Waals surface area (Å²) in [6.45, 7) is 5.08. The molecule has 2 nitrogen and oxygen atoms in total. The van der Waals surface area contributed by atoms with E-state index in [0.717, 1.165) is 6.92 Å². The number of rotatable bonds is 0. The van der Waals surface area contributed by atoms with Gasteiger partial charge in [0.15, 0.2) is 0 Å². The van der Waals surface area contributed by atoms with Crippen molar-refractivity contribution in [2.75, 3.05) is 0 Å². The van der Waals surface area contributed by atoms with Crippen LogP contribution in [0.2, 0.25) is 0 Å². The minimum Gasteiger partial charge on any atom is -0.481 e. The Balaban J connectivity index is 0.000000323. The monoisotopic (exact) mass is 218 g/mol. The van der Waals surface area contributed by atoms with Gasteiger partial charge in [-0.3, -0.25) is 4.79 Å². The van der Waals surface area contributed by atoms with Crippen LogP contribution in [0.5, 0.6) is 0 Å². The number of hydrogen-bond acceptors (Lipinski definition) is 1. The van der Waals surface area contributed by atoms with Gasteiger partial charge in [0.1, 0.15) is 0 Å². The zero-order valence-electron chi connectivity index (χ0n) is 9.97. The first-order chi connectivity index (χ1) is 7.70. The second kappa shape index (κ2) is 8.48. The van der Waals surface area contributed by atoms with Gasteiger partial charge in [0.05, 0.1) is 0 Å². The Morgan fingerprint density at radius 3 is 1.25 bits per heavy atom. The standard InChI is InChI=1S/C10H8.C2H4O2.C2H6/c1-2-6-10-8-4-3-7-9(10)5-1;1-2(3)4;1-2/h1-8H;1H3,(H,3,4);1-2H3. The van der Waals surface area contributed by atoms with Crippen LogP contribution in [-0.4, -0.2) is 11.1 Å². The van der Waals surface area contributed by atoms with E-state index in [1.54, 1.807) is 0 Å². The van der Waals surface area contributed by atoms with Crippen molar-refractivity contribution in [1.29, 1.82) is 0 Å². The van der Waals surface area contributed by atoms with Crippen LogP contribution in [0, 0.1) is 0 Å². The molecule has 2 heteroatoms. The molecular weight excluding hydrogens is 200 g/mol. The maximum absolute atomic E-state index is 9.00. The first-order valence-corrected chi connectivity index (χ1v) is 5.33. The molecule has 0 aromatic heterocycles. The molecule has 2 aromatic carbocycles. The van der Waals surface area contributed by atoms with Crippen LogP contribution in [0.3, 0.4) is 0 Å². The summed E-state index contributed by atoms with van der Waals surface area (Å²) in [6.07, 6.45) is 0. The quantitative estimate of drug-likeness (QED) is 0.726. The highest BCUT2D eigenvalue weighted by Gasteiger charge is 1.85. The molecule has 0 radical (unpaired) electrons. The molecule has 16 heavy (non-hydrogen) atoms.